The van der Waals surface area contributed by atoms with Crippen LogP contribution in [0.4, 0.5) is 10.1 Å². The Hall–Kier alpha value is -2.33. The predicted octanol–water partition coefficient (Wildman–Crippen LogP) is 3.24. The van der Waals surface area contributed by atoms with E-state index in [0.29, 0.717) is 29.4 Å². The number of hydrogen-bond acceptors (Lipinski definition) is 6. The van der Waals surface area contributed by atoms with Gasteiger partial charge in [-0.15, -0.1) is 0 Å². The summed E-state index contributed by atoms with van der Waals surface area (Å²) in [4.78, 5) is 7.73. The summed E-state index contributed by atoms with van der Waals surface area (Å²) in [6.07, 6.45) is 2.46. The minimum Gasteiger partial charge on any atom is -0.494 e. The molecule has 0 bridgehead atoms. The van der Waals surface area contributed by atoms with E-state index in [-0.39, 0.29) is 10.4 Å². The van der Waals surface area contributed by atoms with Crippen molar-refractivity contribution in [3.63, 3.8) is 0 Å². The van der Waals surface area contributed by atoms with Crippen LogP contribution in [0.2, 0.25) is 0 Å². The fourth-order valence-electron chi connectivity index (χ4n) is 2.08. The topological polar surface area (TPSA) is 85.4 Å². The molecule has 2 N–H and O–H groups in total. The predicted molar refractivity (Wildman–Crippen MR) is 114 cm³/mol. The van der Waals surface area contributed by atoms with Crippen LogP contribution in [0.3, 0.4) is 0 Å². The molecule has 0 saturated heterocycles. The second-order valence-corrected chi connectivity index (χ2v) is 7.24. The number of thiocarbonyl (C=S) groups is 1. The third-order valence-corrected chi connectivity index (χ3v) is 5.01. The summed E-state index contributed by atoms with van der Waals surface area (Å²) in [6, 6.07) is 5.28. The summed E-state index contributed by atoms with van der Waals surface area (Å²) in [7, 11) is 1.55. The number of benzene rings is 1. The molecular weight excluding hydrogens is 403 g/mol. The summed E-state index contributed by atoms with van der Waals surface area (Å²) in [5, 5.41) is 2.74. The zero-order chi connectivity index (χ0) is 21.1. The SMILES string of the molecule is CC.COc1cccc(OC)c1NC(=S)NS(=O)[C@@H](C)Cc1ncc(F)cn1. The van der Waals surface area contributed by atoms with Crippen LogP contribution >= 0.6 is 12.2 Å². The van der Waals surface area contributed by atoms with Crippen LogP contribution in [-0.4, -0.2) is 38.8 Å². The van der Waals surface area contributed by atoms with Crippen LogP contribution in [0.1, 0.15) is 26.6 Å². The molecule has 2 atom stereocenters. The van der Waals surface area contributed by atoms with Crippen molar-refractivity contribution in [2.24, 2.45) is 0 Å². The van der Waals surface area contributed by atoms with E-state index < -0.39 is 16.8 Å². The largest absolute Gasteiger partial charge is 0.494 e. The lowest BCUT2D eigenvalue weighted by Gasteiger charge is -2.17. The van der Waals surface area contributed by atoms with Gasteiger partial charge in [0.2, 0.25) is 0 Å². The van der Waals surface area contributed by atoms with Gasteiger partial charge >= 0.3 is 0 Å². The molecule has 0 saturated carbocycles. The van der Waals surface area contributed by atoms with Crippen molar-refractivity contribution in [2.75, 3.05) is 19.5 Å². The molecule has 0 aliphatic heterocycles. The average molecular weight is 429 g/mol. The van der Waals surface area contributed by atoms with Crippen LogP contribution in [0.5, 0.6) is 11.5 Å². The number of para-hydroxylation sites is 1. The Morgan fingerprint density at radius 1 is 1.21 bits per heavy atom. The highest BCUT2D eigenvalue weighted by atomic mass is 32.2. The van der Waals surface area contributed by atoms with E-state index in [4.69, 9.17) is 21.7 Å². The number of rotatable bonds is 7. The van der Waals surface area contributed by atoms with Crippen LogP contribution in [0, 0.1) is 5.82 Å². The van der Waals surface area contributed by atoms with Crippen molar-refractivity contribution < 1.29 is 18.1 Å². The van der Waals surface area contributed by atoms with Gasteiger partial charge < -0.3 is 14.8 Å². The molecule has 2 aromatic rings. The first kappa shape index (κ1) is 23.7. The maximum Gasteiger partial charge on any atom is 0.182 e. The Morgan fingerprint density at radius 2 is 1.75 bits per heavy atom. The normalized spacial score (nSPS) is 12.1. The number of anilines is 1. The number of hydrogen-bond donors (Lipinski definition) is 2. The summed E-state index contributed by atoms with van der Waals surface area (Å²) >= 11 is 5.22. The van der Waals surface area contributed by atoms with Gasteiger partial charge in [-0.1, -0.05) is 19.9 Å². The van der Waals surface area contributed by atoms with Gasteiger partial charge in [-0.3, -0.25) is 4.72 Å². The highest BCUT2D eigenvalue weighted by molar-refractivity contribution is 7.87. The van der Waals surface area contributed by atoms with E-state index >= 15 is 0 Å². The molecule has 1 aromatic carbocycles. The van der Waals surface area contributed by atoms with Crippen molar-refractivity contribution in [3.8, 4) is 11.5 Å². The Labute approximate surface area is 172 Å². The molecule has 0 spiro atoms. The van der Waals surface area contributed by atoms with Crippen molar-refractivity contribution in [1.82, 2.24) is 14.7 Å². The lowest BCUT2D eigenvalue weighted by Crippen LogP contribution is -2.36. The summed E-state index contributed by atoms with van der Waals surface area (Å²) in [5.74, 6) is 0.954. The molecule has 154 valence electrons. The molecule has 0 aliphatic rings. The standard InChI is InChI=1S/C16H19FN4O3S2.C2H6/c1-10(7-14-18-8-11(17)9-19-14)26(22)21-16(25)20-15-12(23-2)5-4-6-13(15)24-3;1-2/h4-6,8-10H,7H2,1-3H3,(H2,20,21,25);1-2H3/t10-,26?;/m0./s1. The number of aromatic nitrogens is 2. The van der Waals surface area contributed by atoms with Crippen molar-refractivity contribution in [3.05, 3.63) is 42.2 Å². The summed E-state index contributed by atoms with van der Waals surface area (Å²) < 4.78 is 38.5. The first-order valence-electron chi connectivity index (χ1n) is 8.60. The molecule has 0 radical (unpaired) electrons. The van der Waals surface area contributed by atoms with Gasteiger partial charge in [0.15, 0.2) is 10.9 Å². The third kappa shape index (κ3) is 7.01. The molecular formula is C18H25FN4O3S2. The quantitative estimate of drug-likeness (QED) is 0.655. The van der Waals surface area contributed by atoms with Gasteiger partial charge in [0, 0.05) is 6.42 Å². The van der Waals surface area contributed by atoms with Gasteiger partial charge in [-0.25, -0.2) is 18.6 Å². The Kier molecular flexibility index (Phi) is 10.3. The number of halogens is 1. The lowest BCUT2D eigenvalue weighted by atomic mass is 10.2. The van der Waals surface area contributed by atoms with Crippen molar-refractivity contribution in [1.29, 1.82) is 0 Å². The van der Waals surface area contributed by atoms with E-state index in [1.165, 1.54) is 14.2 Å². The molecule has 1 heterocycles. The second kappa shape index (κ2) is 12.2. The van der Waals surface area contributed by atoms with Crippen molar-refractivity contribution >= 4 is 34.0 Å². The number of ether oxygens (including phenoxy) is 2. The molecule has 28 heavy (non-hydrogen) atoms. The van der Waals surface area contributed by atoms with Gasteiger partial charge in [-0.05, 0) is 31.3 Å². The maximum absolute atomic E-state index is 12.8. The molecule has 1 aromatic heterocycles. The van der Waals surface area contributed by atoms with Crippen LogP contribution in [0.15, 0.2) is 30.6 Å². The zero-order valence-corrected chi connectivity index (χ0v) is 18.1. The lowest BCUT2D eigenvalue weighted by molar-refractivity contribution is 0.398. The second-order valence-electron chi connectivity index (χ2n) is 5.22. The van der Waals surface area contributed by atoms with E-state index in [2.05, 4.69) is 20.0 Å². The van der Waals surface area contributed by atoms with Gasteiger partial charge in [0.05, 0.1) is 31.9 Å². The number of nitrogens with zero attached hydrogens (tertiary/aromatic N) is 2. The molecule has 0 fully saturated rings. The third-order valence-electron chi connectivity index (χ3n) is 3.37. The zero-order valence-electron chi connectivity index (χ0n) is 16.5. The first-order valence-corrected chi connectivity index (χ1v) is 10.2. The minimum absolute atomic E-state index is 0.151. The fraction of sp³-hybridized carbons (Fsp3) is 0.389. The monoisotopic (exact) mass is 428 g/mol. The van der Waals surface area contributed by atoms with E-state index in [0.717, 1.165) is 12.4 Å². The Balaban J connectivity index is 0.00000190. The molecule has 0 amide bonds. The van der Waals surface area contributed by atoms with Gasteiger partial charge in [-0.2, -0.15) is 0 Å². The summed E-state index contributed by atoms with van der Waals surface area (Å²) in [5.41, 5.74) is 0.529. The van der Waals surface area contributed by atoms with E-state index in [9.17, 15) is 8.60 Å². The van der Waals surface area contributed by atoms with Crippen LogP contribution in [0.25, 0.3) is 0 Å². The molecule has 2 rings (SSSR count). The fourth-order valence-corrected chi connectivity index (χ4v) is 3.17. The Morgan fingerprint density at radius 3 is 2.25 bits per heavy atom. The van der Waals surface area contributed by atoms with Gasteiger partial charge in [0.1, 0.15) is 34.0 Å². The van der Waals surface area contributed by atoms with Crippen LogP contribution in [-0.2, 0) is 17.4 Å². The number of methoxy groups -OCH3 is 2. The molecule has 0 aliphatic carbocycles. The Bertz CT molecular complexity index is 769. The average Bonchev–Trinajstić information content (AvgIpc) is 2.71. The van der Waals surface area contributed by atoms with E-state index in [1.54, 1.807) is 25.1 Å². The minimum atomic E-state index is -1.50. The molecule has 10 heteroatoms. The van der Waals surface area contributed by atoms with Gasteiger partial charge in [0.25, 0.3) is 0 Å². The molecule has 1 unspecified atom stereocenters. The molecule has 7 nitrogen and oxygen atoms in total. The smallest absolute Gasteiger partial charge is 0.182 e. The first-order chi connectivity index (χ1) is 13.4. The highest BCUT2D eigenvalue weighted by Crippen LogP contribution is 2.33. The maximum atomic E-state index is 12.8. The number of nitrogens with one attached hydrogen (secondary N) is 2. The van der Waals surface area contributed by atoms with E-state index in [1.807, 2.05) is 13.8 Å². The van der Waals surface area contributed by atoms with Crippen molar-refractivity contribution in [2.45, 2.75) is 32.4 Å². The van der Waals surface area contributed by atoms with Crippen LogP contribution < -0.4 is 19.5 Å². The summed E-state index contributed by atoms with van der Waals surface area (Å²) in [6.45, 7) is 5.75. The highest BCUT2D eigenvalue weighted by Gasteiger charge is 2.17.